The van der Waals surface area contributed by atoms with E-state index in [1.807, 2.05) is 0 Å². The third-order valence-electron chi connectivity index (χ3n) is 1.74. The maximum absolute atomic E-state index is 13.2. The van der Waals surface area contributed by atoms with Crippen molar-refractivity contribution < 1.29 is 32.3 Å². The number of aliphatic carboxylic acids is 1. The molecule has 1 aromatic carbocycles. The van der Waals surface area contributed by atoms with E-state index in [1.54, 1.807) is 0 Å². The number of ketones is 1. The molecule has 1 N–H and O–H groups in total. The lowest BCUT2D eigenvalue weighted by atomic mass is 10.1. The zero-order valence-corrected chi connectivity index (χ0v) is 7.51. The Hall–Kier alpha value is -1.92. The van der Waals surface area contributed by atoms with Crippen LogP contribution in [0.5, 0.6) is 0 Å². The molecular formula is C9H4F4O3. The Labute approximate surface area is 86.3 Å². The highest BCUT2D eigenvalue weighted by molar-refractivity contribution is 6.39. The quantitative estimate of drug-likeness (QED) is 0.486. The number of carbonyl (C=O) groups is 2. The summed E-state index contributed by atoms with van der Waals surface area (Å²) in [7, 11) is 0. The molecule has 0 bridgehead atoms. The Kier molecular flexibility index (Phi) is 2.97. The lowest BCUT2D eigenvalue weighted by Crippen LogP contribution is -2.17. The molecule has 0 unspecified atom stereocenters. The van der Waals surface area contributed by atoms with Gasteiger partial charge in [-0.05, 0) is 12.1 Å². The Morgan fingerprint density at radius 1 is 1.19 bits per heavy atom. The topological polar surface area (TPSA) is 54.4 Å². The molecule has 1 rings (SSSR count). The van der Waals surface area contributed by atoms with Crippen molar-refractivity contribution in [2.45, 2.75) is 6.18 Å². The average Bonchev–Trinajstić information content (AvgIpc) is 2.15. The second kappa shape index (κ2) is 3.92. The lowest BCUT2D eigenvalue weighted by molar-refractivity contribution is -0.140. The smallest absolute Gasteiger partial charge is 0.419 e. The van der Waals surface area contributed by atoms with Crippen LogP contribution in [-0.2, 0) is 11.0 Å². The van der Waals surface area contributed by atoms with Crippen molar-refractivity contribution in [3.05, 3.63) is 35.1 Å². The first-order chi connectivity index (χ1) is 7.25. The largest absolute Gasteiger partial charge is 0.475 e. The molecule has 0 saturated carbocycles. The molecule has 0 aliphatic rings. The molecule has 0 saturated heterocycles. The number of carboxylic acid groups (broad SMARTS) is 1. The van der Waals surface area contributed by atoms with Crippen molar-refractivity contribution in [3.63, 3.8) is 0 Å². The zero-order chi connectivity index (χ0) is 12.5. The third kappa shape index (κ3) is 2.18. The number of carboxylic acids is 1. The molecular weight excluding hydrogens is 232 g/mol. The molecule has 0 heterocycles. The fourth-order valence-corrected chi connectivity index (χ4v) is 1.04. The molecule has 0 radical (unpaired) electrons. The van der Waals surface area contributed by atoms with E-state index >= 15 is 0 Å². The Morgan fingerprint density at radius 2 is 1.75 bits per heavy atom. The average molecular weight is 236 g/mol. The van der Waals surface area contributed by atoms with Gasteiger partial charge in [0.15, 0.2) is 0 Å². The van der Waals surface area contributed by atoms with Crippen LogP contribution in [-0.4, -0.2) is 16.9 Å². The van der Waals surface area contributed by atoms with Crippen LogP contribution in [0.1, 0.15) is 15.9 Å². The minimum Gasteiger partial charge on any atom is -0.475 e. The normalized spacial score (nSPS) is 11.2. The van der Waals surface area contributed by atoms with Crippen LogP contribution in [0.3, 0.4) is 0 Å². The van der Waals surface area contributed by atoms with Crippen LogP contribution >= 0.6 is 0 Å². The first-order valence-electron chi connectivity index (χ1n) is 3.88. The van der Waals surface area contributed by atoms with E-state index in [4.69, 9.17) is 5.11 Å². The summed E-state index contributed by atoms with van der Waals surface area (Å²) in [5.41, 5.74) is -2.78. The number of alkyl halides is 3. The minimum atomic E-state index is -4.97. The second-order valence-electron chi connectivity index (χ2n) is 2.80. The molecule has 0 amide bonds. The van der Waals surface area contributed by atoms with Crippen molar-refractivity contribution in [3.8, 4) is 0 Å². The van der Waals surface area contributed by atoms with Gasteiger partial charge < -0.3 is 5.11 Å². The second-order valence-corrected chi connectivity index (χ2v) is 2.80. The van der Waals surface area contributed by atoms with Gasteiger partial charge in [-0.1, -0.05) is 6.07 Å². The summed E-state index contributed by atoms with van der Waals surface area (Å²) in [4.78, 5) is 21.1. The number of carbonyl (C=O) groups excluding carboxylic acids is 1. The standard InChI is InChI=1S/C9H4F4O3/c10-6-4(7(14)8(15)16)2-1-3-5(6)9(11,12)13/h1-3H,(H,15,16). The fraction of sp³-hybridized carbons (Fsp3) is 0.111. The van der Waals surface area contributed by atoms with Crippen LogP contribution in [0.15, 0.2) is 18.2 Å². The minimum absolute atomic E-state index is 0.425. The van der Waals surface area contributed by atoms with Gasteiger partial charge in [0.1, 0.15) is 5.82 Å². The predicted octanol–water partition coefficient (Wildman–Crippen LogP) is 2.11. The van der Waals surface area contributed by atoms with Gasteiger partial charge in [0.25, 0.3) is 5.78 Å². The monoisotopic (exact) mass is 236 g/mol. The van der Waals surface area contributed by atoms with Crippen LogP contribution in [0, 0.1) is 5.82 Å². The summed E-state index contributed by atoms with van der Waals surface area (Å²) in [6.07, 6.45) is -4.97. The van der Waals surface area contributed by atoms with Crippen LogP contribution < -0.4 is 0 Å². The summed E-state index contributed by atoms with van der Waals surface area (Å²) < 4.78 is 49.8. The number of halogens is 4. The summed E-state index contributed by atoms with van der Waals surface area (Å²) >= 11 is 0. The highest BCUT2D eigenvalue weighted by Crippen LogP contribution is 2.32. The molecule has 7 heteroatoms. The molecule has 0 atom stereocenters. The predicted molar refractivity (Wildman–Crippen MR) is 43.4 cm³/mol. The van der Waals surface area contributed by atoms with Crippen molar-refractivity contribution in [2.75, 3.05) is 0 Å². The van der Waals surface area contributed by atoms with E-state index in [1.165, 1.54) is 0 Å². The van der Waals surface area contributed by atoms with Gasteiger partial charge in [0.2, 0.25) is 0 Å². The van der Waals surface area contributed by atoms with E-state index in [-0.39, 0.29) is 0 Å². The molecule has 0 aliphatic carbocycles. The van der Waals surface area contributed by atoms with Crippen molar-refractivity contribution >= 4 is 11.8 Å². The van der Waals surface area contributed by atoms with E-state index < -0.39 is 34.9 Å². The highest BCUT2D eigenvalue weighted by atomic mass is 19.4. The van der Waals surface area contributed by atoms with Gasteiger partial charge in [-0.25, -0.2) is 9.18 Å². The van der Waals surface area contributed by atoms with Gasteiger partial charge in [-0.3, -0.25) is 4.79 Å². The maximum Gasteiger partial charge on any atom is 0.419 e. The molecule has 0 spiro atoms. The summed E-state index contributed by atoms with van der Waals surface area (Å²) in [5.74, 6) is -5.61. The molecule has 16 heavy (non-hydrogen) atoms. The van der Waals surface area contributed by atoms with Gasteiger partial charge in [-0.2, -0.15) is 13.2 Å². The Bertz CT molecular complexity index is 451. The SMILES string of the molecule is O=C(O)C(=O)c1cccc(C(F)(F)F)c1F. The number of hydrogen-bond acceptors (Lipinski definition) is 2. The van der Waals surface area contributed by atoms with Crippen LogP contribution in [0.25, 0.3) is 0 Å². The lowest BCUT2D eigenvalue weighted by Gasteiger charge is -2.09. The first kappa shape index (κ1) is 12.2. The van der Waals surface area contributed by atoms with E-state index in [9.17, 15) is 27.2 Å². The van der Waals surface area contributed by atoms with Crippen molar-refractivity contribution in [1.29, 1.82) is 0 Å². The number of rotatable bonds is 2. The molecule has 0 aromatic heterocycles. The van der Waals surface area contributed by atoms with E-state index in [2.05, 4.69) is 0 Å². The maximum atomic E-state index is 13.2. The number of hydrogen-bond donors (Lipinski definition) is 1. The molecule has 0 aliphatic heterocycles. The van der Waals surface area contributed by atoms with Gasteiger partial charge in [0, 0.05) is 0 Å². The number of Topliss-reactive ketones (excluding diaryl/α,β-unsaturated/α-hetero) is 1. The van der Waals surface area contributed by atoms with E-state index in [0.29, 0.717) is 12.1 Å². The fourth-order valence-electron chi connectivity index (χ4n) is 1.04. The van der Waals surface area contributed by atoms with Crippen LogP contribution in [0.2, 0.25) is 0 Å². The highest BCUT2D eigenvalue weighted by Gasteiger charge is 2.36. The summed E-state index contributed by atoms with van der Waals surface area (Å²) in [6.45, 7) is 0. The molecule has 0 fully saturated rings. The molecule has 3 nitrogen and oxygen atoms in total. The molecule has 86 valence electrons. The van der Waals surface area contributed by atoms with Crippen molar-refractivity contribution in [2.24, 2.45) is 0 Å². The Balaban J connectivity index is 3.36. The van der Waals surface area contributed by atoms with Gasteiger partial charge >= 0.3 is 12.1 Å². The summed E-state index contributed by atoms with van der Waals surface area (Å²) in [5, 5.41) is 8.26. The number of benzene rings is 1. The van der Waals surface area contributed by atoms with Gasteiger partial charge in [0.05, 0.1) is 11.1 Å². The third-order valence-corrected chi connectivity index (χ3v) is 1.74. The molecule has 1 aromatic rings. The van der Waals surface area contributed by atoms with Gasteiger partial charge in [-0.15, -0.1) is 0 Å². The van der Waals surface area contributed by atoms with Crippen LogP contribution in [0.4, 0.5) is 17.6 Å². The van der Waals surface area contributed by atoms with E-state index in [0.717, 1.165) is 6.07 Å². The summed E-state index contributed by atoms with van der Waals surface area (Å²) in [6, 6.07) is 1.87. The van der Waals surface area contributed by atoms with Crippen molar-refractivity contribution in [1.82, 2.24) is 0 Å². The Morgan fingerprint density at radius 3 is 2.19 bits per heavy atom. The first-order valence-corrected chi connectivity index (χ1v) is 3.88. The zero-order valence-electron chi connectivity index (χ0n) is 7.51.